The Morgan fingerprint density at radius 2 is 1.90 bits per heavy atom. The van der Waals surface area contributed by atoms with Gasteiger partial charge in [0.15, 0.2) is 0 Å². The zero-order valence-electron chi connectivity index (χ0n) is 23.4. The Balaban J connectivity index is 1.12. The van der Waals surface area contributed by atoms with E-state index in [9.17, 15) is 29.8 Å². The Bertz CT molecular complexity index is 1290. The van der Waals surface area contributed by atoms with Gasteiger partial charge in [-0.3, -0.25) is 4.79 Å². The molecule has 2 aromatic rings. The number of likely N-dealkylation sites (tertiary alicyclic amines) is 1. The zero-order chi connectivity index (χ0) is 30.0. The van der Waals surface area contributed by atoms with Crippen LogP contribution in [0.4, 0.5) is 4.39 Å². The molecule has 42 heavy (non-hydrogen) atoms. The molecule has 2 aromatic carbocycles. The van der Waals surface area contributed by atoms with E-state index >= 15 is 0 Å². The van der Waals surface area contributed by atoms with Crippen LogP contribution in [0.15, 0.2) is 42.5 Å². The normalized spacial score (nSPS) is 33.0. The number of amides is 1. The molecule has 0 radical (unpaired) electrons. The molecule has 11 heteroatoms. The van der Waals surface area contributed by atoms with Gasteiger partial charge in [0.05, 0.1) is 25.3 Å². The molecule has 3 aliphatic rings. The van der Waals surface area contributed by atoms with Crippen molar-refractivity contribution < 1.29 is 34.0 Å². The lowest BCUT2D eigenvalue weighted by atomic mass is 9.90. The molecule has 1 amide bonds. The first-order chi connectivity index (χ1) is 20.1. The van der Waals surface area contributed by atoms with Crippen molar-refractivity contribution in [3.05, 3.63) is 64.2 Å². The summed E-state index contributed by atoms with van der Waals surface area (Å²) in [7, 11) is 0. The summed E-state index contributed by atoms with van der Waals surface area (Å²) < 4.78 is 25.6. The third-order valence-corrected chi connectivity index (χ3v) is 8.89. The summed E-state index contributed by atoms with van der Waals surface area (Å²) in [4.78, 5) is 13.8. The lowest BCUT2D eigenvalue weighted by Crippen LogP contribution is -2.53. The zero-order valence-corrected chi connectivity index (χ0v) is 24.2. The van der Waals surface area contributed by atoms with Gasteiger partial charge in [-0.2, -0.15) is 5.26 Å². The molecule has 226 valence electrons. The van der Waals surface area contributed by atoms with E-state index in [1.165, 1.54) is 4.90 Å². The topological polar surface area (TPSA) is 135 Å². The van der Waals surface area contributed by atoms with Gasteiger partial charge in [0.25, 0.3) is 0 Å². The Morgan fingerprint density at radius 1 is 1.14 bits per heavy atom. The van der Waals surface area contributed by atoms with Crippen LogP contribution in [0.1, 0.15) is 55.4 Å². The van der Waals surface area contributed by atoms with Gasteiger partial charge >= 0.3 is 0 Å². The molecule has 1 saturated carbocycles. The Kier molecular flexibility index (Phi) is 9.67. The number of hydrogen-bond donors (Lipinski definition) is 4. The summed E-state index contributed by atoms with van der Waals surface area (Å²) in [6.45, 7) is 1.71. The second kappa shape index (κ2) is 13.2. The first-order valence-electron chi connectivity index (χ1n) is 14.4. The number of hydrogen-bond acceptors (Lipinski definition) is 8. The molecule has 2 aliphatic heterocycles. The number of nitrogens with one attached hydrogen (secondary N) is 1. The van der Waals surface area contributed by atoms with Crippen molar-refractivity contribution in [2.75, 3.05) is 13.1 Å². The van der Waals surface area contributed by atoms with Crippen LogP contribution in [0.3, 0.4) is 0 Å². The second-order valence-electron chi connectivity index (χ2n) is 11.6. The van der Waals surface area contributed by atoms with Crippen LogP contribution < -0.4 is 10.1 Å². The Morgan fingerprint density at radius 3 is 2.64 bits per heavy atom. The van der Waals surface area contributed by atoms with Crippen molar-refractivity contribution in [1.29, 1.82) is 5.26 Å². The Labute approximate surface area is 249 Å². The van der Waals surface area contributed by atoms with Crippen molar-refractivity contribution in [2.24, 2.45) is 0 Å². The number of nitrogens with zero attached hydrogens (tertiary/aromatic N) is 2. The Hall–Kier alpha value is -2.78. The summed E-state index contributed by atoms with van der Waals surface area (Å²) in [5.41, 5.74) is 2.51. The minimum Gasteiger partial charge on any atom is -0.490 e. The van der Waals surface area contributed by atoms with Crippen molar-refractivity contribution in [3.63, 3.8) is 0 Å². The van der Waals surface area contributed by atoms with Gasteiger partial charge in [0.1, 0.15) is 48.5 Å². The second-order valence-corrected chi connectivity index (χ2v) is 12.0. The van der Waals surface area contributed by atoms with Crippen LogP contribution in [0.2, 0.25) is 5.02 Å². The monoisotopic (exact) mass is 601 g/mol. The standard InChI is InChI=1S/C31H37ClFN3O6/c1-17-28(38)29(39)30(40)31(41-17)19-4-9-26(32)20(11-19)10-18-2-6-24(7-3-18)42-25-8-5-22(13-25)35-15-27(37)36-16-21(33)12-23(36)14-34/h2-4,6-7,9,11,17,21-23,25,28-31,35,38-40H,5,8,10,12-13,15-16H2,1H3/t17-,21+,22-,23+,25+,28-,29+,30-,31+/m1/s1. The fourth-order valence-electron chi connectivity index (χ4n) is 6.08. The van der Waals surface area contributed by atoms with E-state index in [1.54, 1.807) is 19.1 Å². The van der Waals surface area contributed by atoms with Crippen LogP contribution in [-0.4, -0.2) is 88.0 Å². The molecule has 0 aromatic heterocycles. The van der Waals surface area contributed by atoms with Crippen LogP contribution in [0.5, 0.6) is 5.75 Å². The number of ether oxygens (including phenoxy) is 2. The highest BCUT2D eigenvalue weighted by atomic mass is 35.5. The van der Waals surface area contributed by atoms with Crippen molar-refractivity contribution in [3.8, 4) is 11.8 Å². The number of aliphatic hydroxyl groups is 3. The lowest BCUT2D eigenvalue weighted by Gasteiger charge is -2.39. The molecule has 0 unspecified atom stereocenters. The highest BCUT2D eigenvalue weighted by molar-refractivity contribution is 6.31. The summed E-state index contributed by atoms with van der Waals surface area (Å²) in [6, 6.07) is 14.5. The first kappa shape index (κ1) is 30.7. The molecule has 4 N–H and O–H groups in total. The van der Waals surface area contributed by atoms with E-state index in [1.807, 2.05) is 36.4 Å². The van der Waals surface area contributed by atoms with Gasteiger partial charge in [-0.25, -0.2) is 4.39 Å². The van der Waals surface area contributed by atoms with Gasteiger partial charge < -0.3 is 35.0 Å². The van der Waals surface area contributed by atoms with E-state index in [0.717, 1.165) is 36.1 Å². The quantitative estimate of drug-likeness (QED) is 0.363. The summed E-state index contributed by atoms with van der Waals surface area (Å²) in [5, 5.41) is 43.7. The summed E-state index contributed by atoms with van der Waals surface area (Å²) in [6.07, 6.45) is -3.25. The molecule has 0 bridgehead atoms. The fourth-order valence-corrected chi connectivity index (χ4v) is 6.26. The van der Waals surface area contributed by atoms with Crippen LogP contribution in [0, 0.1) is 11.3 Å². The molecule has 2 heterocycles. The predicted molar refractivity (Wildman–Crippen MR) is 153 cm³/mol. The number of carbonyl (C=O) groups excluding carboxylic acids is 1. The molecule has 9 atom stereocenters. The minimum atomic E-state index is -1.31. The maximum Gasteiger partial charge on any atom is 0.237 e. The fraction of sp³-hybridized carbons (Fsp3) is 0.548. The third kappa shape index (κ3) is 6.88. The average molecular weight is 602 g/mol. The van der Waals surface area contributed by atoms with E-state index in [0.29, 0.717) is 17.0 Å². The number of benzene rings is 2. The summed E-state index contributed by atoms with van der Waals surface area (Å²) >= 11 is 6.49. The lowest BCUT2D eigenvalue weighted by molar-refractivity contribution is -0.219. The van der Waals surface area contributed by atoms with Gasteiger partial charge in [0, 0.05) is 17.5 Å². The van der Waals surface area contributed by atoms with Gasteiger partial charge in [-0.15, -0.1) is 0 Å². The largest absolute Gasteiger partial charge is 0.490 e. The van der Waals surface area contributed by atoms with Crippen LogP contribution in [0.25, 0.3) is 0 Å². The van der Waals surface area contributed by atoms with Gasteiger partial charge in [-0.1, -0.05) is 35.9 Å². The minimum absolute atomic E-state index is 0.00151. The number of nitriles is 1. The molecule has 3 fully saturated rings. The summed E-state index contributed by atoms with van der Waals surface area (Å²) in [5.74, 6) is 0.490. The van der Waals surface area contributed by atoms with E-state index in [2.05, 4.69) is 5.32 Å². The number of rotatable bonds is 8. The number of alkyl halides is 1. The SMILES string of the molecule is C[C@H]1O[C@@H](c2ccc(Cl)c(Cc3ccc(O[C@H]4CC[C@@H](NCC(=O)N5C[C@@H](F)C[C@H]5C#N)C4)cc3)c2)[C@H](O)[C@@H](O)[C@@H]1O. The molecule has 5 rings (SSSR count). The highest BCUT2D eigenvalue weighted by Gasteiger charge is 2.42. The molecule has 1 aliphatic carbocycles. The van der Waals surface area contributed by atoms with E-state index < -0.39 is 42.7 Å². The molecule has 9 nitrogen and oxygen atoms in total. The average Bonchev–Trinajstić information content (AvgIpc) is 3.60. The highest BCUT2D eigenvalue weighted by Crippen LogP contribution is 2.34. The number of carbonyl (C=O) groups is 1. The van der Waals surface area contributed by atoms with Crippen LogP contribution in [-0.2, 0) is 16.0 Å². The van der Waals surface area contributed by atoms with Crippen molar-refractivity contribution in [1.82, 2.24) is 10.2 Å². The first-order valence-corrected chi connectivity index (χ1v) is 14.8. The van der Waals surface area contributed by atoms with E-state index in [-0.39, 0.29) is 37.6 Å². The number of aliphatic hydroxyl groups excluding tert-OH is 3. The number of halogens is 2. The maximum atomic E-state index is 13.6. The van der Waals surface area contributed by atoms with Gasteiger partial charge in [0.2, 0.25) is 5.91 Å². The van der Waals surface area contributed by atoms with Crippen molar-refractivity contribution >= 4 is 17.5 Å². The van der Waals surface area contributed by atoms with Crippen LogP contribution >= 0.6 is 11.6 Å². The molecular formula is C31H37ClFN3O6. The van der Waals surface area contributed by atoms with E-state index in [4.69, 9.17) is 21.1 Å². The van der Waals surface area contributed by atoms with Gasteiger partial charge in [-0.05, 0) is 67.5 Å². The molecular weight excluding hydrogens is 565 g/mol. The smallest absolute Gasteiger partial charge is 0.237 e. The predicted octanol–water partition coefficient (Wildman–Crippen LogP) is 2.83. The maximum absolute atomic E-state index is 13.6. The van der Waals surface area contributed by atoms with Crippen molar-refractivity contribution in [2.45, 2.75) is 93.9 Å². The molecule has 2 saturated heterocycles. The third-order valence-electron chi connectivity index (χ3n) is 8.52. The molecule has 0 spiro atoms.